The van der Waals surface area contributed by atoms with E-state index in [-0.39, 0.29) is 17.3 Å². The van der Waals surface area contributed by atoms with Gasteiger partial charge in [0, 0.05) is 34.2 Å². The third-order valence-electron chi connectivity index (χ3n) is 9.30. The number of fused-ring (bicyclic) bond motifs is 7. The van der Waals surface area contributed by atoms with E-state index in [4.69, 9.17) is 4.98 Å². The number of benzene rings is 4. The Balaban J connectivity index is 1.48. The lowest BCUT2D eigenvalue weighted by molar-refractivity contribution is 0.0666. The van der Waals surface area contributed by atoms with Crippen molar-refractivity contribution in [2.75, 3.05) is 4.90 Å². The molecular weight excluding hydrogens is 520 g/mol. The van der Waals surface area contributed by atoms with Crippen LogP contribution >= 0.6 is 0 Å². The summed E-state index contributed by atoms with van der Waals surface area (Å²) in [6.07, 6.45) is 5.69. The molecule has 2 aliphatic heterocycles. The fourth-order valence-corrected chi connectivity index (χ4v) is 7.50. The average Bonchev–Trinajstić information content (AvgIpc) is 3.47. The smallest absolute Gasteiger partial charge is 0.185 e. The van der Waals surface area contributed by atoms with Crippen LogP contribution in [-0.2, 0) is 0 Å². The van der Waals surface area contributed by atoms with Crippen LogP contribution in [0, 0.1) is 12.3 Å². The summed E-state index contributed by atoms with van der Waals surface area (Å²) >= 11 is 0. The molecule has 202 valence electrons. The first-order valence-electron chi connectivity index (χ1n) is 14.2. The van der Waals surface area contributed by atoms with E-state index in [0.717, 1.165) is 33.3 Å². The van der Waals surface area contributed by atoms with E-state index in [1.807, 2.05) is 103 Å². The van der Waals surface area contributed by atoms with Crippen LogP contribution in [0.15, 0.2) is 115 Å². The third-order valence-corrected chi connectivity index (χ3v) is 9.30. The van der Waals surface area contributed by atoms with Gasteiger partial charge in [0.05, 0.1) is 17.2 Å². The molecule has 5 aromatic rings. The van der Waals surface area contributed by atoms with Gasteiger partial charge in [0.25, 0.3) is 0 Å². The summed E-state index contributed by atoms with van der Waals surface area (Å²) in [4.78, 5) is 51.2. The van der Waals surface area contributed by atoms with Gasteiger partial charge >= 0.3 is 0 Å². The third kappa shape index (κ3) is 3.13. The molecule has 3 aliphatic rings. The molecule has 3 atom stereocenters. The van der Waals surface area contributed by atoms with Crippen LogP contribution in [0.25, 0.3) is 17.0 Å². The summed E-state index contributed by atoms with van der Waals surface area (Å²) < 4.78 is 0. The van der Waals surface area contributed by atoms with Gasteiger partial charge in [-0.25, -0.2) is 0 Å². The predicted octanol–water partition coefficient (Wildman–Crippen LogP) is 6.86. The second-order valence-electron chi connectivity index (χ2n) is 11.4. The van der Waals surface area contributed by atoms with Crippen molar-refractivity contribution in [2.45, 2.75) is 24.9 Å². The SMILES string of the molecule is Cc1ccc([C@@H]2[C@@H](C(=O)c3ccccc3)N3c4c(ccc5cccnc45)C=CC3C23C(=O)c2ccccc2C3=O)cc1. The Labute approximate surface area is 243 Å². The Hall–Kier alpha value is -5.16. The number of hydrogen-bond donors (Lipinski definition) is 0. The molecule has 5 heteroatoms. The van der Waals surface area contributed by atoms with E-state index < -0.39 is 23.4 Å². The number of nitrogens with zero attached hydrogens (tertiary/aromatic N) is 2. The minimum Gasteiger partial charge on any atom is -0.350 e. The molecule has 0 N–H and O–H groups in total. The first-order valence-corrected chi connectivity index (χ1v) is 14.2. The summed E-state index contributed by atoms with van der Waals surface area (Å²) in [5, 5.41) is 0.927. The Morgan fingerprint density at radius 3 is 2.19 bits per heavy atom. The first kappa shape index (κ1) is 24.6. The van der Waals surface area contributed by atoms with Gasteiger partial charge in [-0.15, -0.1) is 0 Å². The van der Waals surface area contributed by atoms with Gasteiger partial charge in [-0.05, 0) is 24.1 Å². The highest BCUT2D eigenvalue weighted by Crippen LogP contribution is 2.61. The number of rotatable bonds is 3. The number of carbonyl (C=O) groups is 3. The summed E-state index contributed by atoms with van der Waals surface area (Å²) in [6.45, 7) is 2.00. The Morgan fingerprint density at radius 1 is 0.786 bits per heavy atom. The zero-order valence-corrected chi connectivity index (χ0v) is 22.9. The van der Waals surface area contributed by atoms with Gasteiger partial charge in [-0.1, -0.05) is 115 Å². The summed E-state index contributed by atoms with van der Waals surface area (Å²) in [5.74, 6) is -1.33. The highest BCUT2D eigenvalue weighted by molar-refractivity contribution is 6.32. The van der Waals surface area contributed by atoms with Crippen LogP contribution in [-0.4, -0.2) is 34.4 Å². The topological polar surface area (TPSA) is 67.3 Å². The van der Waals surface area contributed by atoms with Crippen LogP contribution in [0.3, 0.4) is 0 Å². The van der Waals surface area contributed by atoms with E-state index in [1.54, 1.807) is 30.5 Å². The number of hydrogen-bond acceptors (Lipinski definition) is 5. The molecule has 0 amide bonds. The van der Waals surface area contributed by atoms with Crippen molar-refractivity contribution in [3.63, 3.8) is 0 Å². The number of Topliss-reactive ketones (excluding diaryl/α,β-unsaturated/α-hetero) is 3. The monoisotopic (exact) mass is 546 g/mol. The summed E-state index contributed by atoms with van der Waals surface area (Å²) in [6, 6.07) is 30.6. The number of pyridine rings is 1. The average molecular weight is 547 g/mol. The molecule has 1 spiro atoms. The van der Waals surface area contributed by atoms with Crippen molar-refractivity contribution in [1.29, 1.82) is 0 Å². The van der Waals surface area contributed by atoms with Crippen molar-refractivity contribution in [2.24, 2.45) is 5.41 Å². The van der Waals surface area contributed by atoms with Crippen molar-refractivity contribution in [1.82, 2.24) is 4.98 Å². The Morgan fingerprint density at radius 2 is 1.48 bits per heavy atom. The molecule has 1 aromatic heterocycles. The lowest BCUT2D eigenvalue weighted by atomic mass is 9.64. The van der Waals surface area contributed by atoms with Crippen LogP contribution in [0.2, 0.25) is 0 Å². The maximum absolute atomic E-state index is 14.8. The maximum atomic E-state index is 14.8. The molecule has 42 heavy (non-hydrogen) atoms. The Kier molecular flexibility index (Phi) is 5.23. The minimum absolute atomic E-state index is 0.131. The molecular formula is C37H26N2O3. The Bertz CT molecular complexity index is 1940. The van der Waals surface area contributed by atoms with E-state index in [9.17, 15) is 14.4 Å². The molecule has 0 saturated carbocycles. The molecule has 3 heterocycles. The fraction of sp³-hybridized carbons (Fsp3) is 0.135. The van der Waals surface area contributed by atoms with Crippen molar-refractivity contribution in [3.05, 3.63) is 149 Å². The van der Waals surface area contributed by atoms with Gasteiger partial charge < -0.3 is 4.90 Å². The van der Waals surface area contributed by atoms with E-state index in [1.165, 1.54) is 0 Å². The molecule has 1 fully saturated rings. The van der Waals surface area contributed by atoms with Crippen LogP contribution in [0.5, 0.6) is 0 Å². The van der Waals surface area contributed by atoms with Gasteiger partial charge in [0.2, 0.25) is 0 Å². The van der Waals surface area contributed by atoms with E-state index in [2.05, 4.69) is 0 Å². The second-order valence-corrected chi connectivity index (χ2v) is 11.4. The van der Waals surface area contributed by atoms with Crippen molar-refractivity contribution >= 4 is 40.0 Å². The highest BCUT2D eigenvalue weighted by Gasteiger charge is 2.71. The lowest BCUT2D eigenvalue weighted by Crippen LogP contribution is -2.48. The van der Waals surface area contributed by atoms with Crippen molar-refractivity contribution < 1.29 is 14.4 Å². The summed E-state index contributed by atoms with van der Waals surface area (Å²) in [7, 11) is 0. The van der Waals surface area contributed by atoms with Gasteiger partial charge in [-0.2, -0.15) is 0 Å². The van der Waals surface area contributed by atoms with Crippen LogP contribution in [0.1, 0.15) is 53.7 Å². The molecule has 0 bridgehead atoms. The first-order chi connectivity index (χ1) is 20.5. The van der Waals surface area contributed by atoms with Gasteiger partial charge in [0.1, 0.15) is 11.5 Å². The zero-order valence-electron chi connectivity index (χ0n) is 22.9. The number of aromatic nitrogens is 1. The van der Waals surface area contributed by atoms with Gasteiger partial charge in [-0.3, -0.25) is 19.4 Å². The van der Waals surface area contributed by atoms with Crippen molar-refractivity contribution in [3.8, 4) is 0 Å². The zero-order chi connectivity index (χ0) is 28.6. The normalized spacial score (nSPS) is 21.5. The quantitative estimate of drug-likeness (QED) is 0.183. The highest BCUT2D eigenvalue weighted by atomic mass is 16.2. The molecule has 0 radical (unpaired) electrons. The molecule has 1 aliphatic carbocycles. The number of carbonyl (C=O) groups excluding carboxylic acids is 3. The summed E-state index contributed by atoms with van der Waals surface area (Å²) in [5.41, 5.74) is 4.12. The van der Waals surface area contributed by atoms with E-state index >= 15 is 0 Å². The van der Waals surface area contributed by atoms with Gasteiger partial charge in [0.15, 0.2) is 17.3 Å². The van der Waals surface area contributed by atoms with Crippen LogP contribution in [0.4, 0.5) is 5.69 Å². The molecule has 1 unspecified atom stereocenters. The maximum Gasteiger partial charge on any atom is 0.185 e. The molecule has 5 nitrogen and oxygen atoms in total. The lowest BCUT2D eigenvalue weighted by Gasteiger charge is -2.37. The molecule has 8 rings (SSSR count). The second kappa shape index (κ2) is 8.92. The molecule has 4 aromatic carbocycles. The number of anilines is 1. The largest absolute Gasteiger partial charge is 0.350 e. The van der Waals surface area contributed by atoms with Crippen LogP contribution < -0.4 is 4.90 Å². The minimum atomic E-state index is -1.53. The molecule has 1 saturated heterocycles. The standard InChI is InChI=1S/C37H26N2O3/c1-22-13-15-23(16-14-22)30-33(34(40)26-8-3-2-4-9-26)39-29(37(30)35(41)27-11-5-6-12-28(27)36(37)42)20-19-25-18-17-24-10-7-21-38-31(24)32(25)39/h2-21,29-30,33H,1H3/t29?,30-,33+/m1/s1. The fourth-order valence-electron chi connectivity index (χ4n) is 7.50. The predicted molar refractivity (Wildman–Crippen MR) is 163 cm³/mol. The van der Waals surface area contributed by atoms with E-state index in [0.29, 0.717) is 16.7 Å². The number of ketones is 3. The number of aryl methyl sites for hydroxylation is 1.